The highest BCUT2D eigenvalue weighted by atomic mass is 79.9. The van der Waals surface area contributed by atoms with Crippen molar-refractivity contribution in [3.63, 3.8) is 0 Å². The number of aromatic carboxylic acids is 1. The van der Waals surface area contributed by atoms with Crippen molar-refractivity contribution in [2.45, 2.75) is 6.54 Å². The maximum absolute atomic E-state index is 11.9. The Morgan fingerprint density at radius 1 is 1.55 bits per heavy atom. The SMILES string of the molecule is O=C(O)c1ccoc1Cn1cc([N+](=O)[O-])cc(Br)c1=O. The monoisotopic (exact) mass is 342 g/mol. The molecule has 0 saturated carbocycles. The zero-order chi connectivity index (χ0) is 14.9. The lowest BCUT2D eigenvalue weighted by Gasteiger charge is -2.05. The minimum absolute atomic E-state index is 0.00938. The average Bonchev–Trinajstić information content (AvgIpc) is 2.82. The lowest BCUT2D eigenvalue weighted by atomic mass is 10.2. The Bertz CT molecular complexity index is 748. The molecule has 0 unspecified atom stereocenters. The summed E-state index contributed by atoms with van der Waals surface area (Å²) in [4.78, 5) is 32.9. The van der Waals surface area contributed by atoms with Crippen LogP contribution in [0.1, 0.15) is 16.1 Å². The number of hydrogen-bond acceptors (Lipinski definition) is 5. The summed E-state index contributed by atoms with van der Waals surface area (Å²) in [6, 6.07) is 2.33. The maximum Gasteiger partial charge on any atom is 0.339 e. The molecule has 9 heteroatoms. The first-order valence-corrected chi connectivity index (χ1v) is 6.03. The summed E-state index contributed by atoms with van der Waals surface area (Å²) in [5.74, 6) is -1.17. The number of pyridine rings is 1. The molecule has 2 aromatic heterocycles. The van der Waals surface area contributed by atoms with Gasteiger partial charge >= 0.3 is 5.97 Å². The van der Waals surface area contributed by atoms with Gasteiger partial charge in [-0.2, -0.15) is 0 Å². The summed E-state index contributed by atoms with van der Waals surface area (Å²) in [7, 11) is 0. The number of carbonyl (C=O) groups is 1. The van der Waals surface area contributed by atoms with Crippen molar-refractivity contribution in [3.05, 3.63) is 60.9 Å². The van der Waals surface area contributed by atoms with Crippen molar-refractivity contribution >= 4 is 27.6 Å². The molecule has 0 bridgehead atoms. The van der Waals surface area contributed by atoms with Gasteiger partial charge in [0.25, 0.3) is 11.2 Å². The fraction of sp³-hybridized carbons (Fsp3) is 0.0909. The summed E-state index contributed by atoms with van der Waals surface area (Å²) < 4.78 is 6.02. The van der Waals surface area contributed by atoms with Crippen LogP contribution in [-0.2, 0) is 6.54 Å². The molecule has 2 rings (SSSR count). The summed E-state index contributed by atoms with van der Waals surface area (Å²) >= 11 is 2.93. The number of carboxylic acid groups (broad SMARTS) is 1. The zero-order valence-corrected chi connectivity index (χ0v) is 11.4. The van der Waals surface area contributed by atoms with Crippen LogP contribution in [0.5, 0.6) is 0 Å². The second-order valence-electron chi connectivity index (χ2n) is 3.80. The van der Waals surface area contributed by atoms with Crippen LogP contribution < -0.4 is 5.56 Å². The molecule has 0 fully saturated rings. The van der Waals surface area contributed by atoms with Crippen molar-refractivity contribution < 1.29 is 19.2 Å². The first-order chi connectivity index (χ1) is 9.40. The molecule has 8 nitrogen and oxygen atoms in total. The van der Waals surface area contributed by atoms with Crippen LogP contribution in [0, 0.1) is 10.1 Å². The number of nitrogens with zero attached hydrogens (tertiary/aromatic N) is 2. The summed E-state index contributed by atoms with van der Waals surface area (Å²) in [5.41, 5.74) is -0.914. The molecule has 2 heterocycles. The largest absolute Gasteiger partial charge is 0.478 e. The van der Waals surface area contributed by atoms with Gasteiger partial charge in [0.1, 0.15) is 11.3 Å². The quantitative estimate of drug-likeness (QED) is 0.669. The molecule has 0 saturated heterocycles. The van der Waals surface area contributed by atoms with Crippen LogP contribution in [0.3, 0.4) is 0 Å². The van der Waals surface area contributed by atoms with Gasteiger partial charge in [0.2, 0.25) is 0 Å². The maximum atomic E-state index is 11.9. The summed E-state index contributed by atoms with van der Waals surface area (Å²) in [5, 5.41) is 19.7. The van der Waals surface area contributed by atoms with E-state index >= 15 is 0 Å². The van der Waals surface area contributed by atoms with E-state index in [1.807, 2.05) is 0 Å². The van der Waals surface area contributed by atoms with E-state index in [2.05, 4.69) is 15.9 Å². The molecule has 0 aliphatic carbocycles. The normalized spacial score (nSPS) is 10.4. The minimum Gasteiger partial charge on any atom is -0.478 e. The Kier molecular flexibility index (Phi) is 3.70. The fourth-order valence-corrected chi connectivity index (χ4v) is 2.07. The topological polar surface area (TPSA) is 116 Å². The first-order valence-electron chi connectivity index (χ1n) is 5.24. The molecular formula is C11H7BrN2O6. The number of hydrogen-bond donors (Lipinski definition) is 1. The molecule has 0 atom stereocenters. The number of furan rings is 1. The molecule has 2 aromatic rings. The summed E-state index contributed by atoms with van der Waals surface area (Å²) in [6.07, 6.45) is 2.21. The molecule has 104 valence electrons. The molecule has 0 aliphatic rings. The van der Waals surface area contributed by atoms with Crippen LogP contribution in [0.2, 0.25) is 0 Å². The van der Waals surface area contributed by atoms with E-state index in [1.165, 1.54) is 12.3 Å². The predicted molar refractivity (Wildman–Crippen MR) is 69.8 cm³/mol. The second kappa shape index (κ2) is 5.29. The van der Waals surface area contributed by atoms with Crippen LogP contribution in [0.25, 0.3) is 0 Å². The fourth-order valence-electron chi connectivity index (χ4n) is 1.61. The van der Waals surface area contributed by atoms with Gasteiger partial charge in [-0.3, -0.25) is 14.9 Å². The zero-order valence-electron chi connectivity index (χ0n) is 9.78. The van der Waals surface area contributed by atoms with Crippen molar-refractivity contribution in [2.75, 3.05) is 0 Å². The van der Waals surface area contributed by atoms with E-state index in [-0.39, 0.29) is 28.0 Å². The predicted octanol–water partition coefficient (Wildman–Crippen LogP) is 1.86. The average molecular weight is 343 g/mol. The molecule has 20 heavy (non-hydrogen) atoms. The lowest BCUT2D eigenvalue weighted by Crippen LogP contribution is -2.21. The van der Waals surface area contributed by atoms with Gasteiger partial charge in [-0.25, -0.2) is 4.79 Å². The number of nitro groups is 1. The molecule has 1 N–H and O–H groups in total. The number of rotatable bonds is 4. The van der Waals surface area contributed by atoms with Gasteiger partial charge in [0.15, 0.2) is 0 Å². The van der Waals surface area contributed by atoms with E-state index in [4.69, 9.17) is 9.52 Å². The third-order valence-electron chi connectivity index (χ3n) is 2.53. The highest BCUT2D eigenvalue weighted by molar-refractivity contribution is 9.10. The van der Waals surface area contributed by atoms with E-state index in [9.17, 15) is 19.7 Å². The Morgan fingerprint density at radius 2 is 2.25 bits per heavy atom. The smallest absolute Gasteiger partial charge is 0.339 e. The van der Waals surface area contributed by atoms with E-state index in [1.54, 1.807) is 0 Å². The number of halogens is 1. The van der Waals surface area contributed by atoms with Gasteiger partial charge in [-0.15, -0.1) is 0 Å². The third-order valence-corrected chi connectivity index (χ3v) is 3.10. The molecule has 0 spiro atoms. The van der Waals surface area contributed by atoms with Gasteiger partial charge in [-0.05, 0) is 22.0 Å². The summed E-state index contributed by atoms with van der Waals surface area (Å²) in [6.45, 7) is -0.215. The Balaban J connectivity index is 2.48. The standard InChI is InChI=1S/C11H7BrN2O6/c12-8-3-6(14(18)19)4-13(10(8)15)5-9-7(11(16)17)1-2-20-9/h1-4H,5H2,(H,16,17). The van der Waals surface area contributed by atoms with Crippen molar-refractivity contribution in [1.82, 2.24) is 4.57 Å². The number of carboxylic acids is 1. The van der Waals surface area contributed by atoms with Gasteiger partial charge in [0, 0.05) is 6.07 Å². The Hall–Kier alpha value is -2.42. The van der Waals surface area contributed by atoms with Crippen molar-refractivity contribution in [1.29, 1.82) is 0 Å². The van der Waals surface area contributed by atoms with Crippen molar-refractivity contribution in [3.8, 4) is 0 Å². The van der Waals surface area contributed by atoms with Gasteiger partial charge in [0.05, 0.1) is 28.4 Å². The highest BCUT2D eigenvalue weighted by Crippen LogP contribution is 2.17. The first kappa shape index (κ1) is 14.0. The molecule has 0 aromatic carbocycles. The van der Waals surface area contributed by atoms with E-state index in [0.29, 0.717) is 0 Å². The van der Waals surface area contributed by atoms with Crippen molar-refractivity contribution in [2.24, 2.45) is 0 Å². The van der Waals surface area contributed by atoms with E-state index in [0.717, 1.165) is 16.8 Å². The molecule has 0 radical (unpaired) electrons. The van der Waals surface area contributed by atoms with Crippen LogP contribution in [-0.4, -0.2) is 20.6 Å². The van der Waals surface area contributed by atoms with Gasteiger partial charge in [-0.1, -0.05) is 0 Å². The Morgan fingerprint density at radius 3 is 2.85 bits per heavy atom. The highest BCUT2D eigenvalue weighted by Gasteiger charge is 2.17. The second-order valence-corrected chi connectivity index (χ2v) is 4.65. The number of aromatic nitrogens is 1. The van der Waals surface area contributed by atoms with E-state index < -0.39 is 16.5 Å². The molecular weight excluding hydrogens is 336 g/mol. The third kappa shape index (κ3) is 2.62. The molecule has 0 amide bonds. The molecule has 0 aliphatic heterocycles. The van der Waals surface area contributed by atoms with Gasteiger partial charge < -0.3 is 14.1 Å². The Labute approximate surface area is 119 Å². The van der Waals surface area contributed by atoms with Crippen LogP contribution in [0.4, 0.5) is 5.69 Å². The lowest BCUT2D eigenvalue weighted by molar-refractivity contribution is -0.385. The van der Waals surface area contributed by atoms with Crippen LogP contribution >= 0.6 is 15.9 Å². The van der Waals surface area contributed by atoms with Crippen LogP contribution in [0.15, 0.2) is 38.3 Å². The minimum atomic E-state index is -1.20.